The minimum absolute atomic E-state index is 0.0144. The topological polar surface area (TPSA) is 80.9 Å². The van der Waals surface area contributed by atoms with Gasteiger partial charge in [0.05, 0.1) is 24.6 Å². The van der Waals surface area contributed by atoms with Crippen LogP contribution in [0.3, 0.4) is 0 Å². The zero-order valence-corrected chi connectivity index (χ0v) is 22.9. The summed E-state index contributed by atoms with van der Waals surface area (Å²) < 4.78 is 47.3. The molecule has 3 heterocycles. The van der Waals surface area contributed by atoms with Crippen LogP contribution in [-0.2, 0) is 11.3 Å². The molecule has 1 saturated heterocycles. The van der Waals surface area contributed by atoms with Crippen LogP contribution >= 0.6 is 11.6 Å². The SMILES string of the molecule is O=C(NCCN1CCOCC1)c1ccc(-c2cc(=O)n3cc(-c4ccc(Cl)cc4)nc3n2CCCC(F)(F)F)cc1. The summed E-state index contributed by atoms with van der Waals surface area (Å²) in [5.41, 5.74) is 2.26. The van der Waals surface area contributed by atoms with E-state index in [9.17, 15) is 22.8 Å². The van der Waals surface area contributed by atoms with Crippen LogP contribution in [0.2, 0.25) is 5.02 Å². The van der Waals surface area contributed by atoms with Gasteiger partial charge >= 0.3 is 6.18 Å². The van der Waals surface area contributed by atoms with Gasteiger partial charge in [-0.25, -0.2) is 4.98 Å². The predicted molar refractivity (Wildman–Crippen MR) is 150 cm³/mol. The molecule has 5 rings (SSSR count). The highest BCUT2D eigenvalue weighted by Gasteiger charge is 2.26. The van der Waals surface area contributed by atoms with E-state index in [1.165, 1.54) is 10.5 Å². The molecule has 0 aliphatic carbocycles. The number of carbonyl (C=O) groups is 1. The number of nitrogens with zero attached hydrogens (tertiary/aromatic N) is 4. The van der Waals surface area contributed by atoms with Gasteiger partial charge in [-0.05, 0) is 36.2 Å². The minimum atomic E-state index is -4.31. The maximum absolute atomic E-state index is 13.1. The van der Waals surface area contributed by atoms with E-state index >= 15 is 0 Å². The standard InChI is InChI=1S/C29H29ClF3N5O3/c30-23-8-6-20(7-9-23)24-19-38-26(39)18-25(37(28(38)35-24)12-1-10-29(31,32)33)21-2-4-22(5-3-21)27(40)34-11-13-36-14-16-41-17-15-36/h2-9,18-19H,1,10-17H2,(H,34,40). The molecule has 0 atom stereocenters. The molecule has 1 N–H and O–H groups in total. The van der Waals surface area contributed by atoms with Crippen molar-refractivity contribution >= 4 is 23.3 Å². The van der Waals surface area contributed by atoms with Crippen molar-refractivity contribution in [3.05, 3.63) is 81.7 Å². The Balaban J connectivity index is 1.42. The van der Waals surface area contributed by atoms with Crippen LogP contribution in [-0.4, -0.2) is 70.3 Å². The number of nitrogens with one attached hydrogen (secondary N) is 1. The molecular formula is C29H29ClF3N5O3. The highest BCUT2D eigenvalue weighted by atomic mass is 35.5. The van der Waals surface area contributed by atoms with E-state index in [0.717, 1.165) is 19.6 Å². The van der Waals surface area contributed by atoms with E-state index in [0.29, 0.717) is 52.9 Å². The lowest BCUT2D eigenvalue weighted by Gasteiger charge is -2.26. The molecule has 41 heavy (non-hydrogen) atoms. The first-order valence-electron chi connectivity index (χ1n) is 13.3. The van der Waals surface area contributed by atoms with Gasteiger partial charge in [-0.2, -0.15) is 13.2 Å². The second-order valence-electron chi connectivity index (χ2n) is 9.83. The Morgan fingerprint density at radius 3 is 2.37 bits per heavy atom. The maximum Gasteiger partial charge on any atom is 0.389 e. The van der Waals surface area contributed by atoms with Crippen molar-refractivity contribution < 1.29 is 22.7 Å². The molecule has 0 bridgehead atoms. The average molecular weight is 588 g/mol. The summed E-state index contributed by atoms with van der Waals surface area (Å²) in [7, 11) is 0. The summed E-state index contributed by atoms with van der Waals surface area (Å²) in [6.45, 7) is 4.23. The monoisotopic (exact) mass is 587 g/mol. The number of halogens is 4. The number of alkyl halides is 3. The highest BCUT2D eigenvalue weighted by Crippen LogP contribution is 2.27. The molecule has 2 aromatic carbocycles. The van der Waals surface area contributed by atoms with Gasteiger partial charge in [-0.1, -0.05) is 35.9 Å². The van der Waals surface area contributed by atoms with Crippen LogP contribution in [0, 0.1) is 0 Å². The van der Waals surface area contributed by atoms with Crippen molar-refractivity contribution in [1.82, 2.24) is 24.2 Å². The normalized spacial score (nSPS) is 14.4. The third kappa shape index (κ3) is 7.16. The van der Waals surface area contributed by atoms with Crippen LogP contribution in [0.4, 0.5) is 13.2 Å². The molecule has 1 aliphatic rings. The Kier molecular flexibility index (Phi) is 8.77. The Hall–Kier alpha value is -3.67. The van der Waals surface area contributed by atoms with E-state index in [-0.39, 0.29) is 30.2 Å². The zero-order chi connectivity index (χ0) is 29.0. The quantitative estimate of drug-likeness (QED) is 0.302. The summed E-state index contributed by atoms with van der Waals surface area (Å²) in [6, 6.07) is 14.9. The van der Waals surface area contributed by atoms with Crippen molar-refractivity contribution in [1.29, 1.82) is 0 Å². The highest BCUT2D eigenvalue weighted by molar-refractivity contribution is 6.30. The summed E-state index contributed by atoms with van der Waals surface area (Å²) in [5.74, 6) is -0.00625. The lowest BCUT2D eigenvalue weighted by Crippen LogP contribution is -2.41. The minimum Gasteiger partial charge on any atom is -0.379 e. The van der Waals surface area contributed by atoms with E-state index < -0.39 is 12.6 Å². The number of morpholine rings is 1. The molecule has 0 radical (unpaired) electrons. The Bertz CT molecular complexity index is 1560. The molecule has 0 spiro atoms. The van der Waals surface area contributed by atoms with Crippen molar-refractivity contribution in [2.75, 3.05) is 39.4 Å². The molecule has 2 aromatic heterocycles. The fraction of sp³-hybridized carbons (Fsp3) is 0.345. The fourth-order valence-electron chi connectivity index (χ4n) is 4.80. The van der Waals surface area contributed by atoms with Crippen LogP contribution in [0.15, 0.2) is 65.6 Å². The Labute approximate surface area is 239 Å². The first-order valence-corrected chi connectivity index (χ1v) is 13.7. The summed E-state index contributed by atoms with van der Waals surface area (Å²) in [6.07, 6.45) is -3.91. The second-order valence-corrected chi connectivity index (χ2v) is 10.3. The van der Waals surface area contributed by atoms with Gasteiger partial charge in [-0.3, -0.25) is 18.9 Å². The molecular weight excluding hydrogens is 559 g/mol. The van der Waals surface area contributed by atoms with Crippen LogP contribution < -0.4 is 10.9 Å². The summed E-state index contributed by atoms with van der Waals surface area (Å²) in [5, 5.41) is 3.45. The van der Waals surface area contributed by atoms with E-state index in [1.807, 2.05) is 0 Å². The molecule has 1 fully saturated rings. The zero-order valence-electron chi connectivity index (χ0n) is 22.2. The average Bonchev–Trinajstić information content (AvgIpc) is 3.41. The van der Waals surface area contributed by atoms with Crippen molar-refractivity contribution in [3.8, 4) is 22.5 Å². The van der Waals surface area contributed by atoms with E-state index in [4.69, 9.17) is 16.3 Å². The number of amides is 1. The van der Waals surface area contributed by atoms with Crippen LogP contribution in [0.25, 0.3) is 28.3 Å². The number of aromatic nitrogens is 3. The van der Waals surface area contributed by atoms with Crippen LogP contribution in [0.1, 0.15) is 23.2 Å². The van der Waals surface area contributed by atoms with Gasteiger partial charge in [0.25, 0.3) is 11.5 Å². The number of aryl methyl sites for hydroxylation is 1. The van der Waals surface area contributed by atoms with Crippen LogP contribution in [0.5, 0.6) is 0 Å². The largest absolute Gasteiger partial charge is 0.389 e. The van der Waals surface area contributed by atoms with Gasteiger partial charge in [0, 0.05) is 67.6 Å². The van der Waals surface area contributed by atoms with Gasteiger partial charge in [0.15, 0.2) is 0 Å². The predicted octanol–water partition coefficient (Wildman–Crippen LogP) is 4.89. The number of rotatable bonds is 9. The first kappa shape index (κ1) is 28.8. The molecule has 8 nitrogen and oxygen atoms in total. The van der Waals surface area contributed by atoms with Gasteiger partial charge in [0.1, 0.15) is 0 Å². The van der Waals surface area contributed by atoms with E-state index in [1.54, 1.807) is 59.3 Å². The number of hydrogen-bond acceptors (Lipinski definition) is 5. The van der Waals surface area contributed by atoms with Gasteiger partial charge in [0.2, 0.25) is 5.78 Å². The molecule has 4 aromatic rings. The number of ether oxygens (including phenoxy) is 1. The molecule has 216 valence electrons. The second kappa shape index (κ2) is 12.5. The van der Waals surface area contributed by atoms with Crippen molar-refractivity contribution in [3.63, 3.8) is 0 Å². The van der Waals surface area contributed by atoms with Crippen molar-refractivity contribution in [2.24, 2.45) is 0 Å². The van der Waals surface area contributed by atoms with E-state index in [2.05, 4.69) is 15.2 Å². The molecule has 0 saturated carbocycles. The Morgan fingerprint density at radius 1 is 1.00 bits per heavy atom. The lowest BCUT2D eigenvalue weighted by molar-refractivity contribution is -0.135. The number of benzene rings is 2. The molecule has 0 unspecified atom stereocenters. The fourth-order valence-corrected chi connectivity index (χ4v) is 4.92. The number of carbonyl (C=O) groups excluding carboxylic acids is 1. The molecule has 12 heteroatoms. The third-order valence-corrected chi connectivity index (χ3v) is 7.21. The molecule has 1 aliphatic heterocycles. The van der Waals surface area contributed by atoms with Gasteiger partial charge < -0.3 is 14.6 Å². The number of imidazole rings is 1. The molecule has 1 amide bonds. The van der Waals surface area contributed by atoms with Crippen molar-refractivity contribution in [2.45, 2.75) is 25.6 Å². The third-order valence-electron chi connectivity index (χ3n) is 6.96. The smallest absolute Gasteiger partial charge is 0.379 e. The summed E-state index contributed by atoms with van der Waals surface area (Å²) >= 11 is 6.00. The summed E-state index contributed by atoms with van der Waals surface area (Å²) in [4.78, 5) is 32.6. The number of hydrogen-bond donors (Lipinski definition) is 1. The lowest BCUT2D eigenvalue weighted by atomic mass is 10.1. The Morgan fingerprint density at radius 2 is 1.68 bits per heavy atom. The van der Waals surface area contributed by atoms with Gasteiger partial charge in [-0.15, -0.1) is 0 Å². The number of fused-ring (bicyclic) bond motifs is 1. The maximum atomic E-state index is 13.1. The first-order chi connectivity index (χ1) is 19.7.